The molecule has 0 radical (unpaired) electrons. The number of nitrogens with zero attached hydrogens (tertiary/aromatic N) is 2. The van der Waals surface area contributed by atoms with E-state index in [1.54, 1.807) is 17.3 Å². The topological polar surface area (TPSA) is 61.0 Å². The highest BCUT2D eigenvalue weighted by Crippen LogP contribution is 2.22. The van der Waals surface area contributed by atoms with Crippen molar-refractivity contribution in [2.75, 3.05) is 11.9 Å². The van der Waals surface area contributed by atoms with E-state index in [-0.39, 0.29) is 6.03 Å². The number of fused-ring (bicyclic) bond motifs is 1. The van der Waals surface area contributed by atoms with Gasteiger partial charge in [-0.05, 0) is 24.6 Å². The van der Waals surface area contributed by atoms with Crippen LogP contribution < -0.4 is 5.32 Å². The minimum absolute atomic E-state index is 0.115. The number of hydrogen-bond acceptors (Lipinski definition) is 2. The van der Waals surface area contributed by atoms with Crippen molar-refractivity contribution in [1.82, 2.24) is 14.9 Å². The summed E-state index contributed by atoms with van der Waals surface area (Å²) >= 11 is 5.96. The fraction of sp³-hybridized carbons (Fsp3) is 0.286. The third kappa shape index (κ3) is 2.49. The molecule has 6 heteroatoms. The van der Waals surface area contributed by atoms with E-state index in [2.05, 4.69) is 15.3 Å². The molecule has 0 fully saturated rings. The average Bonchev–Trinajstić information content (AvgIpc) is 2.90. The van der Waals surface area contributed by atoms with Crippen molar-refractivity contribution in [3.63, 3.8) is 0 Å². The number of nitrogens with one attached hydrogen (secondary N) is 2. The van der Waals surface area contributed by atoms with Gasteiger partial charge in [0.05, 0.1) is 24.3 Å². The van der Waals surface area contributed by atoms with E-state index < -0.39 is 0 Å². The van der Waals surface area contributed by atoms with Crippen molar-refractivity contribution in [2.24, 2.45) is 0 Å². The number of hydrogen-bond donors (Lipinski definition) is 2. The maximum atomic E-state index is 12.3. The zero-order valence-corrected chi connectivity index (χ0v) is 11.9. The van der Waals surface area contributed by atoms with E-state index in [4.69, 9.17) is 11.6 Å². The van der Waals surface area contributed by atoms with Crippen LogP contribution in [0.2, 0.25) is 5.02 Å². The molecule has 1 aromatic carbocycles. The number of halogens is 1. The van der Waals surface area contributed by atoms with Crippen molar-refractivity contribution in [2.45, 2.75) is 19.9 Å². The SMILES string of the molecule is Cc1ccc(Cl)cc1NC(=O)N1CCc2nc[nH]c2C1. The van der Waals surface area contributed by atoms with Gasteiger partial charge in [-0.1, -0.05) is 17.7 Å². The van der Waals surface area contributed by atoms with Crippen molar-refractivity contribution in [3.8, 4) is 0 Å². The summed E-state index contributed by atoms with van der Waals surface area (Å²) in [5.41, 5.74) is 3.79. The number of aryl methyl sites for hydroxylation is 1. The van der Waals surface area contributed by atoms with Gasteiger partial charge in [-0.2, -0.15) is 0 Å². The Morgan fingerprint density at radius 2 is 2.35 bits per heavy atom. The third-order valence-corrected chi connectivity index (χ3v) is 3.74. The molecule has 5 nitrogen and oxygen atoms in total. The minimum Gasteiger partial charge on any atom is -0.347 e. The molecule has 0 spiro atoms. The van der Waals surface area contributed by atoms with E-state index in [1.165, 1.54) is 0 Å². The van der Waals surface area contributed by atoms with Crippen LogP contribution in [-0.2, 0) is 13.0 Å². The van der Waals surface area contributed by atoms with E-state index in [1.807, 2.05) is 19.1 Å². The van der Waals surface area contributed by atoms with Gasteiger partial charge in [-0.15, -0.1) is 0 Å². The van der Waals surface area contributed by atoms with E-state index in [9.17, 15) is 4.79 Å². The van der Waals surface area contributed by atoms with Crippen LogP contribution >= 0.6 is 11.6 Å². The lowest BCUT2D eigenvalue weighted by atomic mass is 10.1. The zero-order valence-electron chi connectivity index (χ0n) is 11.1. The summed E-state index contributed by atoms with van der Waals surface area (Å²) < 4.78 is 0. The Hall–Kier alpha value is -2.01. The lowest BCUT2D eigenvalue weighted by molar-refractivity contribution is 0.205. The van der Waals surface area contributed by atoms with Crippen LogP contribution in [-0.4, -0.2) is 27.4 Å². The van der Waals surface area contributed by atoms with Crippen LogP contribution in [0, 0.1) is 6.92 Å². The van der Waals surface area contributed by atoms with Crippen LogP contribution in [0.15, 0.2) is 24.5 Å². The van der Waals surface area contributed by atoms with Crippen molar-refractivity contribution >= 4 is 23.3 Å². The fourth-order valence-electron chi connectivity index (χ4n) is 2.31. The summed E-state index contributed by atoms with van der Waals surface area (Å²) in [6, 6.07) is 5.35. The van der Waals surface area contributed by atoms with Gasteiger partial charge in [0.25, 0.3) is 0 Å². The number of anilines is 1. The van der Waals surface area contributed by atoms with Gasteiger partial charge in [0.1, 0.15) is 0 Å². The molecule has 0 saturated heterocycles. The molecule has 0 saturated carbocycles. The molecule has 0 unspecified atom stereocenters. The number of imidazole rings is 1. The molecule has 1 aromatic heterocycles. The summed E-state index contributed by atoms with van der Waals surface area (Å²) in [6.07, 6.45) is 2.45. The molecule has 0 aliphatic carbocycles. The smallest absolute Gasteiger partial charge is 0.322 e. The summed E-state index contributed by atoms with van der Waals surface area (Å²) in [5, 5.41) is 3.52. The Balaban J connectivity index is 1.73. The summed E-state index contributed by atoms with van der Waals surface area (Å²) in [7, 11) is 0. The molecule has 2 aromatic rings. The molecule has 1 aliphatic rings. The Bertz CT molecular complexity index is 652. The highest BCUT2D eigenvalue weighted by Gasteiger charge is 2.22. The van der Waals surface area contributed by atoms with Crippen LogP contribution in [0.3, 0.4) is 0 Å². The van der Waals surface area contributed by atoms with Crippen LogP contribution in [0.1, 0.15) is 17.0 Å². The first-order valence-corrected chi connectivity index (χ1v) is 6.84. The summed E-state index contributed by atoms with van der Waals surface area (Å²) in [4.78, 5) is 21.4. The lowest BCUT2D eigenvalue weighted by Crippen LogP contribution is -2.39. The highest BCUT2D eigenvalue weighted by atomic mass is 35.5. The second kappa shape index (κ2) is 5.17. The van der Waals surface area contributed by atoms with Gasteiger partial charge in [0.15, 0.2) is 0 Å². The molecule has 20 heavy (non-hydrogen) atoms. The molecule has 0 atom stereocenters. The normalized spacial score (nSPS) is 14.0. The second-order valence-electron chi connectivity index (χ2n) is 4.89. The highest BCUT2D eigenvalue weighted by molar-refractivity contribution is 6.31. The molecule has 2 heterocycles. The Labute approximate surface area is 122 Å². The van der Waals surface area contributed by atoms with E-state index in [0.717, 1.165) is 29.1 Å². The summed E-state index contributed by atoms with van der Waals surface area (Å²) in [5.74, 6) is 0. The maximum absolute atomic E-state index is 12.3. The fourth-order valence-corrected chi connectivity index (χ4v) is 2.48. The first-order chi connectivity index (χ1) is 9.63. The number of aromatic amines is 1. The number of carbonyl (C=O) groups is 1. The Kier molecular flexibility index (Phi) is 3.36. The quantitative estimate of drug-likeness (QED) is 0.848. The Morgan fingerprint density at radius 3 is 3.20 bits per heavy atom. The number of carbonyl (C=O) groups excluding carboxylic acids is 1. The monoisotopic (exact) mass is 290 g/mol. The largest absolute Gasteiger partial charge is 0.347 e. The molecular formula is C14H15ClN4O. The molecule has 3 rings (SSSR count). The van der Waals surface area contributed by atoms with Gasteiger partial charge in [0.2, 0.25) is 0 Å². The van der Waals surface area contributed by atoms with Crippen LogP contribution in [0.5, 0.6) is 0 Å². The predicted octanol–water partition coefficient (Wildman–Crippen LogP) is 2.96. The second-order valence-corrected chi connectivity index (χ2v) is 5.33. The molecule has 0 bridgehead atoms. The van der Waals surface area contributed by atoms with Crippen LogP contribution in [0.4, 0.5) is 10.5 Å². The van der Waals surface area contributed by atoms with Gasteiger partial charge >= 0.3 is 6.03 Å². The summed E-state index contributed by atoms with van der Waals surface area (Å²) in [6.45, 7) is 3.17. The molecule has 2 N–H and O–H groups in total. The zero-order chi connectivity index (χ0) is 14.1. The standard InChI is InChI=1S/C14H15ClN4O/c1-9-2-3-10(15)6-12(9)18-14(20)19-5-4-11-13(7-19)17-8-16-11/h2-3,6,8H,4-5,7H2,1H3,(H,16,17)(H,18,20). The molecule has 104 valence electrons. The molecule has 1 aliphatic heterocycles. The number of amides is 2. The predicted molar refractivity (Wildman–Crippen MR) is 77.9 cm³/mol. The van der Waals surface area contributed by atoms with Gasteiger partial charge in [-0.25, -0.2) is 9.78 Å². The number of rotatable bonds is 1. The number of benzene rings is 1. The van der Waals surface area contributed by atoms with E-state index >= 15 is 0 Å². The average molecular weight is 291 g/mol. The first-order valence-electron chi connectivity index (χ1n) is 6.46. The van der Waals surface area contributed by atoms with Crippen LogP contribution in [0.25, 0.3) is 0 Å². The molecule has 2 amide bonds. The number of H-pyrrole nitrogens is 1. The maximum Gasteiger partial charge on any atom is 0.322 e. The van der Waals surface area contributed by atoms with Crippen molar-refractivity contribution in [3.05, 3.63) is 46.5 Å². The molecular weight excluding hydrogens is 276 g/mol. The van der Waals surface area contributed by atoms with Gasteiger partial charge in [0, 0.05) is 23.7 Å². The van der Waals surface area contributed by atoms with E-state index in [0.29, 0.717) is 18.1 Å². The Morgan fingerprint density at radius 1 is 1.50 bits per heavy atom. The third-order valence-electron chi connectivity index (χ3n) is 3.50. The minimum atomic E-state index is -0.115. The van der Waals surface area contributed by atoms with Crippen molar-refractivity contribution in [1.29, 1.82) is 0 Å². The lowest BCUT2D eigenvalue weighted by Gasteiger charge is -2.26. The van der Waals surface area contributed by atoms with Crippen molar-refractivity contribution < 1.29 is 4.79 Å². The van der Waals surface area contributed by atoms with Gasteiger partial charge < -0.3 is 15.2 Å². The van der Waals surface area contributed by atoms with Gasteiger partial charge in [-0.3, -0.25) is 0 Å². The number of urea groups is 1. The first kappa shape index (κ1) is 13.0. The number of aromatic nitrogens is 2.